The first-order chi connectivity index (χ1) is 8.33. The lowest BCUT2D eigenvalue weighted by Gasteiger charge is -1.97. The highest BCUT2D eigenvalue weighted by molar-refractivity contribution is 7.13. The number of aromatic nitrogens is 3. The number of aldehydes is 1. The van der Waals surface area contributed by atoms with Crippen molar-refractivity contribution in [1.82, 2.24) is 15.0 Å². The van der Waals surface area contributed by atoms with E-state index in [0.717, 1.165) is 22.6 Å². The van der Waals surface area contributed by atoms with E-state index in [0.29, 0.717) is 18.9 Å². The molecule has 0 saturated heterocycles. The van der Waals surface area contributed by atoms with Crippen molar-refractivity contribution in [3.05, 3.63) is 23.5 Å². The molecule has 2 aromatic heterocycles. The smallest absolute Gasteiger partial charge is 0.316 e. The fourth-order valence-corrected chi connectivity index (χ4v) is 2.12. The molecule has 88 valence electrons. The van der Waals surface area contributed by atoms with Gasteiger partial charge in [-0.15, -0.1) is 11.3 Å². The van der Waals surface area contributed by atoms with Crippen molar-refractivity contribution in [3.63, 3.8) is 0 Å². The monoisotopic (exact) mass is 249 g/mol. The van der Waals surface area contributed by atoms with Gasteiger partial charge >= 0.3 is 6.01 Å². The molecule has 0 aliphatic carbocycles. The topological polar surface area (TPSA) is 65.0 Å². The van der Waals surface area contributed by atoms with Crippen molar-refractivity contribution in [2.45, 2.75) is 12.8 Å². The maximum absolute atomic E-state index is 10.3. The third-order valence-electron chi connectivity index (χ3n) is 2.13. The summed E-state index contributed by atoms with van der Waals surface area (Å²) in [5, 5.41) is 2.80. The minimum atomic E-state index is 0.339. The SMILES string of the molecule is COc1ncc(-c2nc(CCC=O)cs2)cn1. The molecule has 0 spiro atoms. The predicted molar refractivity (Wildman–Crippen MR) is 64.1 cm³/mol. The molecular weight excluding hydrogens is 238 g/mol. The molecule has 2 rings (SSSR count). The lowest BCUT2D eigenvalue weighted by molar-refractivity contribution is -0.107. The number of nitrogens with zero attached hydrogens (tertiary/aromatic N) is 3. The van der Waals surface area contributed by atoms with E-state index in [2.05, 4.69) is 15.0 Å². The van der Waals surface area contributed by atoms with Gasteiger partial charge < -0.3 is 9.53 Å². The van der Waals surface area contributed by atoms with Gasteiger partial charge in [0.15, 0.2) is 0 Å². The van der Waals surface area contributed by atoms with Crippen molar-refractivity contribution in [2.75, 3.05) is 7.11 Å². The molecule has 0 aromatic carbocycles. The molecule has 0 bridgehead atoms. The standard InChI is InChI=1S/C11H11N3O2S/c1-16-11-12-5-8(6-13-11)10-14-9(7-17-10)3-2-4-15/h4-7H,2-3H2,1H3. The molecule has 0 aliphatic rings. The van der Waals surface area contributed by atoms with Gasteiger partial charge in [0.05, 0.1) is 12.8 Å². The number of carbonyl (C=O) groups excluding carboxylic acids is 1. The molecule has 0 unspecified atom stereocenters. The zero-order valence-corrected chi connectivity index (χ0v) is 10.1. The summed E-state index contributed by atoms with van der Waals surface area (Å²) >= 11 is 1.52. The molecule has 2 heterocycles. The van der Waals surface area contributed by atoms with Crippen LogP contribution in [0, 0.1) is 0 Å². The van der Waals surface area contributed by atoms with E-state index in [1.807, 2.05) is 5.38 Å². The van der Waals surface area contributed by atoms with Crippen molar-refractivity contribution >= 4 is 17.6 Å². The van der Waals surface area contributed by atoms with Crippen LogP contribution in [-0.4, -0.2) is 28.3 Å². The zero-order valence-electron chi connectivity index (χ0n) is 9.29. The van der Waals surface area contributed by atoms with E-state index < -0.39 is 0 Å². The minimum absolute atomic E-state index is 0.339. The van der Waals surface area contributed by atoms with Gasteiger partial charge in [-0.2, -0.15) is 0 Å². The van der Waals surface area contributed by atoms with E-state index >= 15 is 0 Å². The van der Waals surface area contributed by atoms with Gasteiger partial charge in [0.25, 0.3) is 0 Å². The summed E-state index contributed by atoms with van der Waals surface area (Å²) < 4.78 is 4.89. The second kappa shape index (κ2) is 5.49. The number of hydrogen-bond donors (Lipinski definition) is 0. The number of rotatable bonds is 5. The summed E-state index contributed by atoms with van der Waals surface area (Å²) in [6.07, 6.45) is 5.43. The van der Waals surface area contributed by atoms with E-state index in [4.69, 9.17) is 4.74 Å². The van der Waals surface area contributed by atoms with Crippen molar-refractivity contribution in [3.8, 4) is 16.6 Å². The van der Waals surface area contributed by atoms with E-state index in [1.165, 1.54) is 18.4 Å². The van der Waals surface area contributed by atoms with Crippen LogP contribution in [-0.2, 0) is 11.2 Å². The summed E-state index contributed by atoms with van der Waals surface area (Å²) in [6, 6.07) is 0.339. The third-order valence-corrected chi connectivity index (χ3v) is 3.07. The van der Waals surface area contributed by atoms with Crippen LogP contribution in [0.15, 0.2) is 17.8 Å². The molecule has 0 saturated carbocycles. The largest absolute Gasteiger partial charge is 0.467 e. The first kappa shape index (κ1) is 11.7. The van der Waals surface area contributed by atoms with Crippen molar-refractivity contribution in [1.29, 1.82) is 0 Å². The second-order valence-electron chi connectivity index (χ2n) is 3.31. The molecule has 0 radical (unpaired) electrons. The number of hydrogen-bond acceptors (Lipinski definition) is 6. The van der Waals surface area contributed by atoms with Gasteiger partial charge in [0.1, 0.15) is 11.3 Å². The Morgan fingerprint density at radius 2 is 2.18 bits per heavy atom. The molecular formula is C11H11N3O2S. The van der Waals surface area contributed by atoms with E-state index in [1.54, 1.807) is 12.4 Å². The lowest BCUT2D eigenvalue weighted by Crippen LogP contribution is -1.91. The maximum Gasteiger partial charge on any atom is 0.316 e. The van der Waals surface area contributed by atoms with Crippen LogP contribution in [0.4, 0.5) is 0 Å². The Hall–Kier alpha value is -1.82. The Morgan fingerprint density at radius 1 is 1.41 bits per heavy atom. The molecule has 5 nitrogen and oxygen atoms in total. The van der Waals surface area contributed by atoms with Gasteiger partial charge in [-0.25, -0.2) is 15.0 Å². The number of carbonyl (C=O) groups is 1. The first-order valence-electron chi connectivity index (χ1n) is 5.08. The fourth-order valence-electron chi connectivity index (χ4n) is 1.29. The molecule has 17 heavy (non-hydrogen) atoms. The first-order valence-corrected chi connectivity index (χ1v) is 5.96. The highest BCUT2D eigenvalue weighted by atomic mass is 32.1. The quantitative estimate of drug-likeness (QED) is 0.755. The Balaban J connectivity index is 2.15. The Morgan fingerprint density at radius 3 is 2.82 bits per heavy atom. The normalized spacial score (nSPS) is 10.2. The predicted octanol–water partition coefficient (Wildman–Crippen LogP) is 1.74. The molecule has 0 amide bonds. The summed E-state index contributed by atoms with van der Waals surface area (Å²) in [5.41, 5.74) is 1.78. The van der Waals surface area contributed by atoms with Gasteiger partial charge in [-0.3, -0.25) is 0 Å². The average molecular weight is 249 g/mol. The van der Waals surface area contributed by atoms with Crippen LogP contribution in [0.5, 0.6) is 6.01 Å². The summed E-state index contributed by atoms with van der Waals surface area (Å²) in [4.78, 5) is 22.7. The molecule has 0 N–H and O–H groups in total. The van der Waals surface area contributed by atoms with E-state index in [9.17, 15) is 4.79 Å². The molecule has 0 fully saturated rings. The van der Waals surface area contributed by atoms with Crippen LogP contribution in [0.3, 0.4) is 0 Å². The Kier molecular flexibility index (Phi) is 3.77. The number of methoxy groups -OCH3 is 1. The van der Waals surface area contributed by atoms with Crippen LogP contribution < -0.4 is 4.74 Å². The zero-order chi connectivity index (χ0) is 12.1. The number of ether oxygens (including phenoxy) is 1. The highest BCUT2D eigenvalue weighted by Crippen LogP contribution is 2.23. The van der Waals surface area contributed by atoms with Crippen LogP contribution in [0.1, 0.15) is 12.1 Å². The lowest BCUT2D eigenvalue weighted by atomic mass is 10.3. The third kappa shape index (κ3) is 2.85. The molecule has 2 aromatic rings. The van der Waals surface area contributed by atoms with E-state index in [-0.39, 0.29) is 0 Å². The molecule has 0 aliphatic heterocycles. The van der Waals surface area contributed by atoms with Gasteiger partial charge in [0, 0.05) is 29.8 Å². The van der Waals surface area contributed by atoms with Gasteiger partial charge in [-0.1, -0.05) is 0 Å². The van der Waals surface area contributed by atoms with Crippen LogP contribution in [0.25, 0.3) is 10.6 Å². The number of aryl methyl sites for hydroxylation is 1. The maximum atomic E-state index is 10.3. The minimum Gasteiger partial charge on any atom is -0.467 e. The van der Waals surface area contributed by atoms with Crippen LogP contribution >= 0.6 is 11.3 Å². The Bertz CT molecular complexity index is 496. The average Bonchev–Trinajstić information content (AvgIpc) is 2.85. The number of thiazole rings is 1. The molecule has 6 heteroatoms. The highest BCUT2D eigenvalue weighted by Gasteiger charge is 2.06. The van der Waals surface area contributed by atoms with Gasteiger partial charge in [-0.05, 0) is 6.42 Å². The van der Waals surface area contributed by atoms with Gasteiger partial charge in [0.2, 0.25) is 0 Å². The summed E-state index contributed by atoms with van der Waals surface area (Å²) in [6.45, 7) is 0. The summed E-state index contributed by atoms with van der Waals surface area (Å²) in [7, 11) is 1.52. The summed E-state index contributed by atoms with van der Waals surface area (Å²) in [5.74, 6) is 0. The Labute approximate surface area is 103 Å². The van der Waals surface area contributed by atoms with Crippen LogP contribution in [0.2, 0.25) is 0 Å². The van der Waals surface area contributed by atoms with Crippen molar-refractivity contribution < 1.29 is 9.53 Å². The second-order valence-corrected chi connectivity index (χ2v) is 4.17. The van der Waals surface area contributed by atoms with Crippen molar-refractivity contribution in [2.24, 2.45) is 0 Å². The molecule has 0 atom stereocenters. The fraction of sp³-hybridized carbons (Fsp3) is 0.273.